The highest BCUT2D eigenvalue weighted by Crippen LogP contribution is 2.27. The van der Waals surface area contributed by atoms with Gasteiger partial charge < -0.3 is 14.2 Å². The fourth-order valence-electron chi connectivity index (χ4n) is 2.29. The van der Waals surface area contributed by atoms with Gasteiger partial charge in [-0.15, -0.1) is 0 Å². The van der Waals surface area contributed by atoms with Crippen molar-refractivity contribution in [2.45, 2.75) is 19.4 Å². The Hall–Kier alpha value is -2.82. The third-order valence-electron chi connectivity index (χ3n) is 3.53. The first-order valence-electron chi connectivity index (χ1n) is 7.54. The molecule has 1 unspecified atom stereocenters. The summed E-state index contributed by atoms with van der Waals surface area (Å²) in [6.07, 6.45) is -0.785. The van der Waals surface area contributed by atoms with Crippen LogP contribution in [-0.2, 0) is 16.0 Å². The van der Waals surface area contributed by atoms with Crippen molar-refractivity contribution >= 4 is 11.8 Å². The van der Waals surface area contributed by atoms with E-state index in [1.807, 2.05) is 6.07 Å². The highest BCUT2D eigenvalue weighted by molar-refractivity contribution is 6.00. The van der Waals surface area contributed by atoms with Crippen molar-refractivity contribution in [2.24, 2.45) is 0 Å². The van der Waals surface area contributed by atoms with Gasteiger partial charge >= 0.3 is 5.97 Å². The molecule has 0 aromatic heterocycles. The van der Waals surface area contributed by atoms with Crippen LogP contribution >= 0.6 is 0 Å². The van der Waals surface area contributed by atoms with Crippen LogP contribution in [0.4, 0.5) is 0 Å². The van der Waals surface area contributed by atoms with E-state index in [0.717, 1.165) is 5.56 Å². The number of rotatable bonds is 7. The first-order chi connectivity index (χ1) is 11.5. The maximum absolute atomic E-state index is 12.2. The molecule has 2 rings (SSSR count). The van der Waals surface area contributed by atoms with E-state index >= 15 is 0 Å². The Balaban J connectivity index is 1.99. The molecule has 5 nitrogen and oxygen atoms in total. The van der Waals surface area contributed by atoms with Crippen molar-refractivity contribution in [1.29, 1.82) is 0 Å². The van der Waals surface area contributed by atoms with Gasteiger partial charge in [0.05, 0.1) is 20.6 Å². The maximum atomic E-state index is 12.2. The molecule has 0 radical (unpaired) electrons. The number of esters is 1. The summed E-state index contributed by atoms with van der Waals surface area (Å²) >= 11 is 0. The van der Waals surface area contributed by atoms with E-state index in [2.05, 4.69) is 0 Å². The van der Waals surface area contributed by atoms with Gasteiger partial charge in [0.1, 0.15) is 0 Å². The standard InChI is InChI=1S/C19H20O5/c1-13(19(21)15-7-5-4-6-8-15)24-18(20)12-14-9-10-16(22-2)17(11-14)23-3/h4-11,13H,12H2,1-3H3. The molecule has 1 atom stereocenters. The molecule has 126 valence electrons. The molecule has 0 saturated heterocycles. The van der Waals surface area contributed by atoms with Crippen LogP contribution in [0.1, 0.15) is 22.8 Å². The van der Waals surface area contributed by atoms with E-state index in [1.165, 1.54) is 7.11 Å². The zero-order chi connectivity index (χ0) is 17.5. The SMILES string of the molecule is COc1ccc(CC(=O)OC(C)C(=O)c2ccccc2)cc1OC. The molecule has 0 saturated carbocycles. The van der Waals surface area contributed by atoms with E-state index in [0.29, 0.717) is 17.1 Å². The van der Waals surface area contributed by atoms with Crippen LogP contribution in [0, 0.1) is 0 Å². The summed E-state index contributed by atoms with van der Waals surface area (Å²) in [7, 11) is 3.07. The van der Waals surface area contributed by atoms with Crippen LogP contribution in [0.5, 0.6) is 11.5 Å². The number of ether oxygens (including phenoxy) is 3. The third-order valence-corrected chi connectivity index (χ3v) is 3.53. The summed E-state index contributed by atoms with van der Waals surface area (Å²) in [4.78, 5) is 24.3. The number of Topliss-reactive ketones (excluding diaryl/α,β-unsaturated/α-hetero) is 1. The third kappa shape index (κ3) is 4.35. The van der Waals surface area contributed by atoms with Crippen molar-refractivity contribution in [1.82, 2.24) is 0 Å². The summed E-state index contributed by atoms with van der Waals surface area (Å²) in [6.45, 7) is 1.57. The number of benzene rings is 2. The fourth-order valence-corrected chi connectivity index (χ4v) is 2.29. The topological polar surface area (TPSA) is 61.8 Å². The quantitative estimate of drug-likeness (QED) is 0.577. The summed E-state index contributed by atoms with van der Waals surface area (Å²) in [6, 6.07) is 13.9. The van der Waals surface area contributed by atoms with E-state index in [-0.39, 0.29) is 12.2 Å². The van der Waals surface area contributed by atoms with Crippen LogP contribution in [0.25, 0.3) is 0 Å². The summed E-state index contributed by atoms with van der Waals surface area (Å²) < 4.78 is 15.6. The molecule has 2 aromatic carbocycles. The van der Waals surface area contributed by atoms with Gasteiger partial charge in [0.25, 0.3) is 0 Å². The zero-order valence-corrected chi connectivity index (χ0v) is 13.9. The molecule has 5 heteroatoms. The Morgan fingerprint density at radius 2 is 1.62 bits per heavy atom. The summed E-state index contributed by atoms with van der Waals surface area (Å²) in [5.74, 6) is 0.425. The lowest BCUT2D eigenvalue weighted by atomic mass is 10.1. The summed E-state index contributed by atoms with van der Waals surface area (Å²) in [5.41, 5.74) is 1.24. The molecule has 0 aliphatic rings. The first-order valence-corrected chi connectivity index (χ1v) is 7.54. The second kappa shape index (κ2) is 8.15. The predicted molar refractivity (Wildman–Crippen MR) is 89.6 cm³/mol. The maximum Gasteiger partial charge on any atom is 0.310 e. The van der Waals surface area contributed by atoms with Crippen LogP contribution in [0.2, 0.25) is 0 Å². The lowest BCUT2D eigenvalue weighted by molar-refractivity contribution is -0.145. The number of methoxy groups -OCH3 is 2. The second-order valence-electron chi connectivity index (χ2n) is 5.23. The molecule has 0 aliphatic heterocycles. The molecule has 0 bridgehead atoms. The van der Waals surface area contributed by atoms with Gasteiger partial charge in [-0.05, 0) is 24.6 Å². The van der Waals surface area contributed by atoms with E-state index in [4.69, 9.17) is 14.2 Å². The van der Waals surface area contributed by atoms with E-state index in [1.54, 1.807) is 56.5 Å². The van der Waals surface area contributed by atoms with Gasteiger partial charge in [0.2, 0.25) is 5.78 Å². The number of carbonyl (C=O) groups is 2. The number of hydrogen-bond acceptors (Lipinski definition) is 5. The second-order valence-corrected chi connectivity index (χ2v) is 5.23. The Labute approximate surface area is 141 Å². The van der Waals surface area contributed by atoms with Crippen molar-refractivity contribution in [2.75, 3.05) is 14.2 Å². The molecule has 2 aromatic rings. The monoisotopic (exact) mass is 328 g/mol. The molecule has 24 heavy (non-hydrogen) atoms. The van der Waals surface area contributed by atoms with Crippen molar-refractivity contribution in [3.8, 4) is 11.5 Å². The minimum absolute atomic E-state index is 0.0484. The normalized spacial score (nSPS) is 11.5. The van der Waals surface area contributed by atoms with Gasteiger partial charge in [-0.2, -0.15) is 0 Å². The smallest absolute Gasteiger partial charge is 0.310 e. The Morgan fingerprint density at radius 3 is 2.25 bits per heavy atom. The van der Waals surface area contributed by atoms with Crippen LogP contribution in [0.15, 0.2) is 48.5 Å². The molecule has 0 spiro atoms. The predicted octanol–water partition coefficient (Wildman–Crippen LogP) is 3.06. The van der Waals surface area contributed by atoms with E-state index < -0.39 is 12.1 Å². The Bertz CT molecular complexity index is 709. The summed E-state index contributed by atoms with van der Waals surface area (Å²) in [5, 5.41) is 0. The van der Waals surface area contributed by atoms with Gasteiger partial charge in [-0.3, -0.25) is 9.59 Å². The van der Waals surface area contributed by atoms with Gasteiger partial charge in [-0.25, -0.2) is 0 Å². The molecule has 0 aliphatic carbocycles. The number of carbonyl (C=O) groups excluding carboxylic acids is 2. The molecule has 0 N–H and O–H groups in total. The van der Waals surface area contributed by atoms with Gasteiger partial charge in [0, 0.05) is 5.56 Å². The molecular formula is C19H20O5. The number of hydrogen-bond donors (Lipinski definition) is 0. The van der Waals surface area contributed by atoms with E-state index in [9.17, 15) is 9.59 Å². The van der Waals surface area contributed by atoms with Crippen LogP contribution in [-0.4, -0.2) is 32.1 Å². The first kappa shape index (κ1) is 17.5. The average Bonchev–Trinajstić information content (AvgIpc) is 2.61. The largest absolute Gasteiger partial charge is 0.493 e. The van der Waals surface area contributed by atoms with Crippen molar-refractivity contribution < 1.29 is 23.8 Å². The lowest BCUT2D eigenvalue weighted by Gasteiger charge is -2.13. The zero-order valence-electron chi connectivity index (χ0n) is 13.9. The van der Waals surface area contributed by atoms with Crippen molar-refractivity contribution in [3.05, 3.63) is 59.7 Å². The van der Waals surface area contributed by atoms with Gasteiger partial charge in [0.15, 0.2) is 17.6 Å². The lowest BCUT2D eigenvalue weighted by Crippen LogP contribution is -2.25. The Morgan fingerprint density at radius 1 is 0.958 bits per heavy atom. The molecule has 0 fully saturated rings. The van der Waals surface area contributed by atoms with Gasteiger partial charge in [-0.1, -0.05) is 36.4 Å². The minimum atomic E-state index is -0.833. The highest BCUT2D eigenvalue weighted by atomic mass is 16.5. The van der Waals surface area contributed by atoms with Crippen LogP contribution in [0.3, 0.4) is 0 Å². The minimum Gasteiger partial charge on any atom is -0.493 e. The molecule has 0 heterocycles. The number of ketones is 1. The fraction of sp³-hybridized carbons (Fsp3) is 0.263. The molecular weight excluding hydrogens is 308 g/mol. The molecule has 0 amide bonds. The highest BCUT2D eigenvalue weighted by Gasteiger charge is 2.19. The Kier molecular flexibility index (Phi) is 5.95. The van der Waals surface area contributed by atoms with Crippen molar-refractivity contribution in [3.63, 3.8) is 0 Å². The van der Waals surface area contributed by atoms with Crippen LogP contribution < -0.4 is 9.47 Å². The average molecular weight is 328 g/mol.